The molecule has 130 valence electrons. The van der Waals surface area contributed by atoms with Crippen LogP contribution in [-0.4, -0.2) is 25.3 Å². The monoisotopic (exact) mass is 361 g/mol. The molecule has 0 aliphatic carbocycles. The van der Waals surface area contributed by atoms with Crippen LogP contribution in [0.15, 0.2) is 42.5 Å². The van der Waals surface area contributed by atoms with E-state index in [2.05, 4.69) is 5.32 Å². The van der Waals surface area contributed by atoms with Gasteiger partial charge in [0, 0.05) is 5.02 Å². The first kappa shape index (κ1) is 17.1. The van der Waals surface area contributed by atoms with Crippen LogP contribution in [0.4, 0.5) is 0 Å². The number of carbonyl (C=O) groups is 2. The van der Waals surface area contributed by atoms with Gasteiger partial charge in [0.05, 0.1) is 11.6 Å². The summed E-state index contributed by atoms with van der Waals surface area (Å²) in [6.07, 6.45) is 0. The Hall–Kier alpha value is -2.73. The Balaban J connectivity index is 1.52. The first-order valence-corrected chi connectivity index (χ1v) is 8.02. The fourth-order valence-corrected chi connectivity index (χ4v) is 2.48. The summed E-state index contributed by atoms with van der Waals surface area (Å²) in [5.74, 6) is 0.349. The fraction of sp³-hybridized carbons (Fsp3) is 0.222. The molecule has 0 fully saturated rings. The molecule has 6 nitrogen and oxygen atoms in total. The highest BCUT2D eigenvalue weighted by Gasteiger charge is 2.17. The summed E-state index contributed by atoms with van der Waals surface area (Å²) in [5.41, 5.74) is 1.20. The summed E-state index contributed by atoms with van der Waals surface area (Å²) in [5, 5.41) is 3.29. The van der Waals surface area contributed by atoms with Crippen molar-refractivity contribution < 1.29 is 23.8 Å². The molecule has 0 saturated heterocycles. The van der Waals surface area contributed by atoms with Crippen LogP contribution in [0, 0.1) is 0 Å². The van der Waals surface area contributed by atoms with Gasteiger partial charge < -0.3 is 19.5 Å². The van der Waals surface area contributed by atoms with Crippen LogP contribution in [0.2, 0.25) is 5.02 Å². The largest absolute Gasteiger partial charge is 0.454 e. The van der Waals surface area contributed by atoms with Crippen LogP contribution in [0.5, 0.6) is 11.5 Å². The lowest BCUT2D eigenvalue weighted by Gasteiger charge is -2.15. The number of amides is 1. The molecule has 1 N–H and O–H groups in total. The van der Waals surface area contributed by atoms with Crippen LogP contribution in [0.3, 0.4) is 0 Å². The molecule has 1 amide bonds. The van der Waals surface area contributed by atoms with Crippen molar-refractivity contribution in [3.05, 3.63) is 58.6 Å². The van der Waals surface area contributed by atoms with Crippen molar-refractivity contribution in [3.8, 4) is 11.5 Å². The van der Waals surface area contributed by atoms with Gasteiger partial charge in [0.25, 0.3) is 5.91 Å². The van der Waals surface area contributed by atoms with E-state index in [1.807, 2.05) is 19.1 Å². The Morgan fingerprint density at radius 1 is 1.16 bits per heavy atom. The maximum absolute atomic E-state index is 12.0. The molecule has 1 heterocycles. The Bertz CT molecular complexity index is 791. The zero-order valence-corrected chi connectivity index (χ0v) is 14.2. The zero-order chi connectivity index (χ0) is 17.8. The Kier molecular flexibility index (Phi) is 5.09. The fourth-order valence-electron chi connectivity index (χ4n) is 2.35. The third kappa shape index (κ3) is 4.22. The number of nitrogens with one attached hydrogen (secondary N) is 1. The Labute approximate surface area is 149 Å². The highest BCUT2D eigenvalue weighted by Crippen LogP contribution is 2.34. The molecule has 1 atom stereocenters. The minimum absolute atomic E-state index is 0.195. The van der Waals surface area contributed by atoms with E-state index in [0.29, 0.717) is 22.1 Å². The first-order chi connectivity index (χ1) is 12.0. The molecule has 3 rings (SSSR count). The van der Waals surface area contributed by atoms with E-state index in [1.165, 1.54) is 12.1 Å². The third-order valence-corrected chi connectivity index (χ3v) is 3.94. The van der Waals surface area contributed by atoms with Gasteiger partial charge in [-0.25, -0.2) is 4.79 Å². The van der Waals surface area contributed by atoms with Crippen molar-refractivity contribution >= 4 is 23.5 Å². The number of hydrogen-bond donors (Lipinski definition) is 1. The Morgan fingerprint density at radius 3 is 2.64 bits per heavy atom. The van der Waals surface area contributed by atoms with Crippen LogP contribution < -0.4 is 14.8 Å². The molecule has 0 radical (unpaired) electrons. The van der Waals surface area contributed by atoms with Gasteiger partial charge in [-0.2, -0.15) is 0 Å². The highest BCUT2D eigenvalue weighted by atomic mass is 35.5. The van der Waals surface area contributed by atoms with E-state index in [9.17, 15) is 9.59 Å². The predicted octanol–water partition coefficient (Wildman–Crippen LogP) is 3.10. The Morgan fingerprint density at radius 2 is 1.88 bits per heavy atom. The van der Waals surface area contributed by atoms with E-state index >= 15 is 0 Å². The van der Waals surface area contributed by atoms with E-state index in [-0.39, 0.29) is 19.4 Å². The lowest BCUT2D eigenvalue weighted by molar-refractivity contribution is -0.124. The van der Waals surface area contributed by atoms with Gasteiger partial charge in [-0.3, -0.25) is 4.79 Å². The van der Waals surface area contributed by atoms with Crippen molar-refractivity contribution in [2.24, 2.45) is 0 Å². The highest BCUT2D eigenvalue weighted by molar-refractivity contribution is 6.30. The quantitative estimate of drug-likeness (QED) is 0.828. The molecular formula is C18H16ClNO5. The topological polar surface area (TPSA) is 73.9 Å². The number of hydrogen-bond acceptors (Lipinski definition) is 5. The van der Waals surface area contributed by atoms with Crippen LogP contribution in [-0.2, 0) is 9.53 Å². The first-order valence-electron chi connectivity index (χ1n) is 7.64. The van der Waals surface area contributed by atoms with Crippen molar-refractivity contribution in [2.75, 3.05) is 13.4 Å². The van der Waals surface area contributed by atoms with Crippen molar-refractivity contribution in [3.63, 3.8) is 0 Å². The lowest BCUT2D eigenvalue weighted by Crippen LogP contribution is -2.31. The molecule has 7 heteroatoms. The van der Waals surface area contributed by atoms with Crippen LogP contribution >= 0.6 is 11.6 Å². The van der Waals surface area contributed by atoms with E-state index < -0.39 is 11.9 Å². The molecular weight excluding hydrogens is 346 g/mol. The maximum Gasteiger partial charge on any atom is 0.338 e. The molecule has 2 aromatic carbocycles. The maximum atomic E-state index is 12.0. The van der Waals surface area contributed by atoms with Gasteiger partial charge in [0.15, 0.2) is 18.1 Å². The summed E-state index contributed by atoms with van der Waals surface area (Å²) in [7, 11) is 0. The second kappa shape index (κ2) is 7.44. The second-order valence-electron chi connectivity index (χ2n) is 5.48. The average Bonchev–Trinajstić information content (AvgIpc) is 3.08. The number of rotatable bonds is 5. The van der Waals surface area contributed by atoms with Gasteiger partial charge in [0.2, 0.25) is 6.79 Å². The van der Waals surface area contributed by atoms with Gasteiger partial charge in [0.1, 0.15) is 0 Å². The van der Waals surface area contributed by atoms with Crippen LogP contribution in [0.25, 0.3) is 0 Å². The SMILES string of the molecule is C[C@@H](NC(=O)COC(=O)c1ccc(Cl)cc1)c1ccc2c(c1)OCO2. The van der Waals surface area contributed by atoms with Crippen LogP contribution in [0.1, 0.15) is 28.9 Å². The van der Waals surface area contributed by atoms with Crippen molar-refractivity contribution in [1.29, 1.82) is 0 Å². The molecule has 25 heavy (non-hydrogen) atoms. The molecule has 2 aromatic rings. The molecule has 0 unspecified atom stereocenters. The number of fused-ring (bicyclic) bond motifs is 1. The summed E-state index contributed by atoms with van der Waals surface area (Å²) < 4.78 is 15.6. The molecule has 0 aromatic heterocycles. The smallest absolute Gasteiger partial charge is 0.338 e. The molecule has 1 aliphatic heterocycles. The standard InChI is InChI=1S/C18H16ClNO5/c1-11(13-4-7-15-16(8-13)25-10-24-15)20-17(21)9-23-18(22)12-2-5-14(19)6-3-12/h2-8,11H,9-10H2,1H3,(H,20,21)/t11-/m1/s1. The van der Waals surface area contributed by atoms with Crippen molar-refractivity contribution in [1.82, 2.24) is 5.32 Å². The van der Waals surface area contributed by atoms with E-state index in [0.717, 1.165) is 5.56 Å². The van der Waals surface area contributed by atoms with Gasteiger partial charge >= 0.3 is 5.97 Å². The average molecular weight is 362 g/mol. The van der Waals surface area contributed by atoms with Gasteiger partial charge in [-0.05, 0) is 48.9 Å². The number of carbonyl (C=O) groups excluding carboxylic acids is 2. The van der Waals surface area contributed by atoms with Gasteiger partial charge in [-0.15, -0.1) is 0 Å². The zero-order valence-electron chi connectivity index (χ0n) is 13.5. The minimum atomic E-state index is -0.581. The number of halogens is 1. The summed E-state index contributed by atoms with van der Waals surface area (Å²) in [6, 6.07) is 11.4. The molecule has 0 saturated carbocycles. The number of ether oxygens (including phenoxy) is 3. The van der Waals surface area contributed by atoms with Gasteiger partial charge in [-0.1, -0.05) is 17.7 Å². The van der Waals surface area contributed by atoms with E-state index in [4.69, 9.17) is 25.8 Å². The van der Waals surface area contributed by atoms with E-state index in [1.54, 1.807) is 18.2 Å². The normalized spacial score (nSPS) is 13.2. The lowest BCUT2D eigenvalue weighted by atomic mass is 10.1. The number of esters is 1. The summed E-state index contributed by atoms with van der Waals surface area (Å²) in [6.45, 7) is 1.66. The number of benzene rings is 2. The van der Waals surface area contributed by atoms with Crippen molar-refractivity contribution in [2.45, 2.75) is 13.0 Å². The molecule has 1 aliphatic rings. The second-order valence-corrected chi connectivity index (χ2v) is 5.92. The minimum Gasteiger partial charge on any atom is -0.454 e. The third-order valence-electron chi connectivity index (χ3n) is 3.69. The molecule has 0 bridgehead atoms. The summed E-state index contributed by atoms with van der Waals surface area (Å²) >= 11 is 5.76. The summed E-state index contributed by atoms with van der Waals surface area (Å²) in [4.78, 5) is 23.9. The predicted molar refractivity (Wildman–Crippen MR) is 90.9 cm³/mol. The molecule has 0 spiro atoms.